The predicted molar refractivity (Wildman–Crippen MR) is 97.5 cm³/mol. The summed E-state index contributed by atoms with van der Waals surface area (Å²) in [4.78, 5) is 16.3. The van der Waals surface area contributed by atoms with Crippen molar-refractivity contribution < 1.29 is 9.53 Å². The molecule has 0 radical (unpaired) electrons. The number of amides is 1. The molecule has 0 fully saturated rings. The SMILES string of the molecule is CC(CCc1ccc(OC(C)C)cc1)NC(=O)c1csc(CN)n1. The summed E-state index contributed by atoms with van der Waals surface area (Å²) >= 11 is 1.41. The smallest absolute Gasteiger partial charge is 0.270 e. The van der Waals surface area contributed by atoms with Gasteiger partial charge in [0.15, 0.2) is 0 Å². The minimum atomic E-state index is -0.140. The Morgan fingerprint density at radius 2 is 2.00 bits per heavy atom. The zero-order chi connectivity index (χ0) is 17.5. The fraction of sp³-hybridized carbons (Fsp3) is 0.444. The number of carbonyl (C=O) groups is 1. The van der Waals surface area contributed by atoms with Gasteiger partial charge >= 0.3 is 0 Å². The number of hydrogen-bond acceptors (Lipinski definition) is 5. The maximum Gasteiger partial charge on any atom is 0.270 e. The molecule has 0 saturated carbocycles. The van der Waals surface area contributed by atoms with Gasteiger partial charge in [0.1, 0.15) is 16.5 Å². The van der Waals surface area contributed by atoms with Crippen LogP contribution in [-0.4, -0.2) is 23.0 Å². The first-order valence-corrected chi connectivity index (χ1v) is 9.07. The van der Waals surface area contributed by atoms with Crippen LogP contribution in [0.3, 0.4) is 0 Å². The highest BCUT2D eigenvalue weighted by Gasteiger charge is 2.13. The standard InChI is InChI=1S/C18H25N3O2S/c1-12(2)23-15-8-6-14(7-9-15)5-4-13(3)20-18(22)16-11-24-17(10-19)21-16/h6-9,11-13H,4-5,10,19H2,1-3H3,(H,20,22). The number of ether oxygens (including phenoxy) is 1. The number of rotatable bonds is 8. The Morgan fingerprint density at radius 1 is 1.29 bits per heavy atom. The van der Waals surface area contributed by atoms with E-state index in [9.17, 15) is 4.79 Å². The Morgan fingerprint density at radius 3 is 2.58 bits per heavy atom. The van der Waals surface area contributed by atoms with Gasteiger partial charge in [-0.1, -0.05) is 12.1 Å². The second kappa shape index (κ2) is 8.80. The molecule has 5 nitrogen and oxygen atoms in total. The van der Waals surface area contributed by atoms with Crippen molar-refractivity contribution in [2.24, 2.45) is 5.73 Å². The number of carbonyl (C=O) groups excluding carboxylic acids is 1. The van der Waals surface area contributed by atoms with Crippen molar-refractivity contribution in [3.8, 4) is 5.75 Å². The van der Waals surface area contributed by atoms with Crippen LogP contribution >= 0.6 is 11.3 Å². The molecule has 0 aliphatic rings. The summed E-state index contributed by atoms with van der Waals surface area (Å²) in [7, 11) is 0. The summed E-state index contributed by atoms with van der Waals surface area (Å²) < 4.78 is 5.64. The van der Waals surface area contributed by atoms with E-state index in [4.69, 9.17) is 10.5 Å². The lowest BCUT2D eigenvalue weighted by molar-refractivity contribution is 0.0934. The summed E-state index contributed by atoms with van der Waals surface area (Å²) in [5.74, 6) is 0.744. The Bertz CT molecular complexity index is 653. The van der Waals surface area contributed by atoms with Crippen LogP contribution in [0.15, 0.2) is 29.6 Å². The van der Waals surface area contributed by atoms with Crippen molar-refractivity contribution in [2.45, 2.75) is 52.3 Å². The third kappa shape index (κ3) is 5.62. The molecule has 6 heteroatoms. The fourth-order valence-electron chi connectivity index (χ4n) is 2.27. The van der Waals surface area contributed by atoms with Crippen LogP contribution in [0.4, 0.5) is 0 Å². The number of nitrogens with one attached hydrogen (secondary N) is 1. The number of nitrogens with zero attached hydrogens (tertiary/aromatic N) is 1. The van der Waals surface area contributed by atoms with Gasteiger partial charge in [-0.05, 0) is 51.3 Å². The first kappa shape index (κ1) is 18.4. The largest absolute Gasteiger partial charge is 0.491 e. The molecule has 1 aromatic carbocycles. The molecule has 0 aliphatic heterocycles. The van der Waals surface area contributed by atoms with Crippen LogP contribution < -0.4 is 15.8 Å². The van der Waals surface area contributed by atoms with E-state index in [0.717, 1.165) is 23.6 Å². The van der Waals surface area contributed by atoms with E-state index in [0.29, 0.717) is 12.2 Å². The molecule has 1 heterocycles. The van der Waals surface area contributed by atoms with Gasteiger partial charge in [0.25, 0.3) is 5.91 Å². The average molecular weight is 347 g/mol. The number of nitrogens with two attached hydrogens (primary N) is 1. The van der Waals surface area contributed by atoms with Crippen LogP contribution in [0.1, 0.15) is 48.3 Å². The summed E-state index contributed by atoms with van der Waals surface area (Å²) in [5, 5.41) is 5.50. The highest BCUT2D eigenvalue weighted by Crippen LogP contribution is 2.15. The first-order chi connectivity index (χ1) is 11.5. The molecule has 1 aromatic heterocycles. The van der Waals surface area contributed by atoms with Gasteiger partial charge in [-0.2, -0.15) is 0 Å². The van der Waals surface area contributed by atoms with Crippen LogP contribution in [0, 0.1) is 0 Å². The van der Waals surface area contributed by atoms with Gasteiger partial charge in [0.2, 0.25) is 0 Å². The third-order valence-electron chi connectivity index (χ3n) is 3.50. The molecule has 24 heavy (non-hydrogen) atoms. The molecule has 3 N–H and O–H groups in total. The predicted octanol–water partition coefficient (Wildman–Crippen LogP) is 3.14. The Labute approximate surface area is 147 Å². The van der Waals surface area contributed by atoms with Crippen molar-refractivity contribution in [2.75, 3.05) is 0 Å². The lowest BCUT2D eigenvalue weighted by atomic mass is 10.1. The van der Waals surface area contributed by atoms with Gasteiger partial charge in [-0.3, -0.25) is 4.79 Å². The Balaban J connectivity index is 1.80. The molecule has 2 rings (SSSR count). The van der Waals surface area contributed by atoms with Crippen LogP contribution in [0.25, 0.3) is 0 Å². The highest BCUT2D eigenvalue weighted by atomic mass is 32.1. The van der Waals surface area contributed by atoms with Crippen molar-refractivity contribution in [1.29, 1.82) is 0 Å². The van der Waals surface area contributed by atoms with Gasteiger partial charge < -0.3 is 15.8 Å². The number of hydrogen-bond donors (Lipinski definition) is 2. The Kier molecular flexibility index (Phi) is 6.75. The highest BCUT2D eigenvalue weighted by molar-refractivity contribution is 7.09. The maximum atomic E-state index is 12.1. The van der Waals surface area contributed by atoms with Gasteiger partial charge in [0.05, 0.1) is 6.10 Å². The normalized spacial score (nSPS) is 12.2. The second-order valence-corrected chi connectivity index (χ2v) is 7.00. The van der Waals surface area contributed by atoms with Crippen LogP contribution in [0.2, 0.25) is 0 Å². The summed E-state index contributed by atoms with van der Waals surface area (Å²) in [5.41, 5.74) is 7.20. The van der Waals surface area contributed by atoms with E-state index in [-0.39, 0.29) is 18.1 Å². The van der Waals surface area contributed by atoms with E-state index in [1.54, 1.807) is 5.38 Å². The molecule has 130 valence electrons. The van der Waals surface area contributed by atoms with Crippen LogP contribution in [-0.2, 0) is 13.0 Å². The number of aryl methyl sites for hydroxylation is 1. The van der Waals surface area contributed by atoms with E-state index >= 15 is 0 Å². The third-order valence-corrected chi connectivity index (χ3v) is 4.37. The molecule has 2 aromatic rings. The number of aromatic nitrogens is 1. The molecule has 1 atom stereocenters. The van der Waals surface area contributed by atoms with Gasteiger partial charge in [-0.25, -0.2) is 4.98 Å². The lowest BCUT2D eigenvalue weighted by Gasteiger charge is -2.14. The van der Waals surface area contributed by atoms with Crippen molar-refractivity contribution in [3.63, 3.8) is 0 Å². The molecular formula is C18H25N3O2S. The average Bonchev–Trinajstić information content (AvgIpc) is 3.03. The van der Waals surface area contributed by atoms with E-state index < -0.39 is 0 Å². The zero-order valence-corrected chi connectivity index (χ0v) is 15.2. The van der Waals surface area contributed by atoms with Crippen LogP contribution in [0.5, 0.6) is 5.75 Å². The summed E-state index contributed by atoms with van der Waals surface area (Å²) in [6.07, 6.45) is 1.94. The molecular weight excluding hydrogens is 322 g/mol. The minimum Gasteiger partial charge on any atom is -0.491 e. The van der Waals surface area contributed by atoms with E-state index in [2.05, 4.69) is 22.4 Å². The summed E-state index contributed by atoms with van der Waals surface area (Å²) in [6.45, 7) is 6.39. The topological polar surface area (TPSA) is 77.2 Å². The maximum absolute atomic E-state index is 12.1. The lowest BCUT2D eigenvalue weighted by Crippen LogP contribution is -2.33. The van der Waals surface area contributed by atoms with Crippen molar-refractivity contribution >= 4 is 17.2 Å². The molecule has 0 bridgehead atoms. The second-order valence-electron chi connectivity index (χ2n) is 6.05. The monoisotopic (exact) mass is 347 g/mol. The first-order valence-electron chi connectivity index (χ1n) is 8.19. The number of thiazole rings is 1. The minimum absolute atomic E-state index is 0.0760. The fourth-order valence-corrected chi connectivity index (χ4v) is 2.92. The van der Waals surface area contributed by atoms with Crippen molar-refractivity contribution in [3.05, 3.63) is 45.9 Å². The number of benzene rings is 1. The van der Waals surface area contributed by atoms with Gasteiger partial charge in [-0.15, -0.1) is 11.3 Å². The molecule has 0 saturated heterocycles. The molecule has 1 unspecified atom stereocenters. The summed E-state index contributed by atoms with van der Waals surface area (Å²) in [6, 6.07) is 8.19. The molecule has 1 amide bonds. The van der Waals surface area contributed by atoms with E-state index in [1.807, 2.05) is 32.9 Å². The van der Waals surface area contributed by atoms with E-state index in [1.165, 1.54) is 16.9 Å². The molecule has 0 aliphatic carbocycles. The van der Waals surface area contributed by atoms with Gasteiger partial charge in [0, 0.05) is 18.0 Å². The quantitative estimate of drug-likeness (QED) is 0.769. The van der Waals surface area contributed by atoms with Crippen molar-refractivity contribution in [1.82, 2.24) is 10.3 Å². The molecule has 0 spiro atoms. The Hall–Kier alpha value is -1.92. The zero-order valence-electron chi connectivity index (χ0n) is 14.4.